The van der Waals surface area contributed by atoms with Crippen molar-refractivity contribution in [3.05, 3.63) is 227 Å². The van der Waals surface area contributed by atoms with E-state index in [0.29, 0.717) is 73.6 Å². The fourth-order valence-corrected chi connectivity index (χ4v) is 15.9. The molecule has 1 aliphatic carbocycles. The van der Waals surface area contributed by atoms with Gasteiger partial charge in [0.2, 0.25) is 0 Å². The Morgan fingerprint density at radius 3 is 1.32 bits per heavy atom. The highest BCUT2D eigenvalue weighted by Gasteiger charge is 2.26. The number of anilines is 2. The maximum Gasteiger partial charge on any atom is 0.137 e. The average Bonchev–Trinajstić information content (AvgIpc) is 1.69. The number of likely N-dealkylation sites (N-methyl/N-ethyl adjacent to an activating group) is 1. The zero-order valence-corrected chi connectivity index (χ0v) is 62.5. The molecule has 6 fully saturated rings. The summed E-state index contributed by atoms with van der Waals surface area (Å²) < 4.78 is 40.2. The molecule has 0 unspecified atom stereocenters. The third-order valence-corrected chi connectivity index (χ3v) is 22.2. The summed E-state index contributed by atoms with van der Waals surface area (Å²) in [4.78, 5) is 21.6. The minimum atomic E-state index is 0. The number of pyridine rings is 1. The zero-order valence-electron chi connectivity index (χ0n) is 62.5. The molecule has 0 radical (unpaired) electrons. The number of fused-ring (bicyclic) bond motifs is 3. The first-order chi connectivity index (χ1) is 54.2. The molecular weight excluding hydrogens is 1380 g/mol. The Bertz CT molecular complexity index is 5170. The molecule has 18 rings (SSSR count). The number of nitrogens with zero attached hydrogens (tertiary/aromatic N) is 8. The Balaban J connectivity index is 0.000000131. The van der Waals surface area contributed by atoms with Crippen molar-refractivity contribution >= 4 is 44.8 Å². The average molecular weight is 1480 g/mol. The minimum absolute atomic E-state index is 0. The largest absolute Gasteiger partial charge is 0.489 e. The molecule has 3 N–H and O–H groups in total. The Morgan fingerprint density at radius 2 is 0.865 bits per heavy atom. The molecule has 9 heterocycles. The van der Waals surface area contributed by atoms with Crippen molar-refractivity contribution in [2.24, 2.45) is 0 Å². The van der Waals surface area contributed by atoms with Crippen LogP contribution in [0, 0.1) is 34.0 Å². The Kier molecular flexibility index (Phi) is 24.3. The number of allylic oxidation sites excluding steroid dienone is 1. The Labute approximate surface area is 651 Å². The molecule has 0 amide bonds. The molecule has 566 valence electrons. The Morgan fingerprint density at radius 1 is 0.441 bits per heavy atom. The summed E-state index contributed by atoms with van der Waals surface area (Å²) in [6.45, 7) is 17.3. The maximum absolute atomic E-state index is 9.85. The normalized spacial score (nSPS) is 17.2. The monoisotopic (exact) mass is 1480 g/mol. The van der Waals surface area contributed by atoms with Crippen molar-refractivity contribution in [2.75, 3.05) is 135 Å². The summed E-state index contributed by atoms with van der Waals surface area (Å²) in [5.74, 6) is 1.96. The number of nitrogens with one attached hydrogen (secondary N) is 3. The molecule has 7 aliphatic rings. The lowest BCUT2D eigenvalue weighted by Gasteiger charge is -2.34. The number of aromatic nitrogens is 3. The van der Waals surface area contributed by atoms with Crippen molar-refractivity contribution in [1.82, 2.24) is 30.1 Å². The van der Waals surface area contributed by atoms with E-state index in [0.717, 1.165) is 219 Å². The third-order valence-electron chi connectivity index (χ3n) is 22.2. The van der Waals surface area contributed by atoms with Gasteiger partial charge in [-0.1, -0.05) is 98.4 Å². The van der Waals surface area contributed by atoms with Crippen LogP contribution in [0.15, 0.2) is 188 Å². The molecule has 111 heavy (non-hydrogen) atoms. The first kappa shape index (κ1) is 75.3. The molecule has 8 aromatic carbocycles. The van der Waals surface area contributed by atoms with Gasteiger partial charge in [-0.15, -0.1) is 0 Å². The van der Waals surface area contributed by atoms with Crippen LogP contribution >= 0.6 is 0 Å². The molecule has 0 saturated carbocycles. The van der Waals surface area contributed by atoms with Crippen LogP contribution in [0.4, 0.5) is 11.4 Å². The molecule has 6 aliphatic heterocycles. The summed E-state index contributed by atoms with van der Waals surface area (Å²) in [5, 5.41) is 35.2. The lowest BCUT2D eigenvalue weighted by atomic mass is 9.98. The van der Waals surface area contributed by atoms with Gasteiger partial charge in [0.1, 0.15) is 53.8 Å². The minimum Gasteiger partial charge on any atom is -0.489 e. The first-order valence-corrected chi connectivity index (χ1v) is 39.0. The van der Waals surface area contributed by atoms with Gasteiger partial charge in [0, 0.05) is 173 Å². The molecular formula is C93H97N11O7. The highest BCUT2D eigenvalue weighted by Crippen LogP contribution is 2.41. The Hall–Kier alpha value is -11.1. The van der Waals surface area contributed by atoms with Crippen LogP contribution in [0.2, 0.25) is 0 Å². The van der Waals surface area contributed by atoms with Crippen LogP contribution in [-0.4, -0.2) is 168 Å². The molecule has 18 heteroatoms. The number of aromatic amines is 2. The van der Waals surface area contributed by atoms with Gasteiger partial charge in [-0.05, 0) is 165 Å². The van der Waals surface area contributed by atoms with Crippen LogP contribution < -0.4 is 29.3 Å². The number of hydrogen-bond donors (Lipinski definition) is 3. The number of morpholine rings is 1. The van der Waals surface area contributed by atoms with E-state index in [1.54, 1.807) is 0 Å². The lowest BCUT2D eigenvalue weighted by molar-refractivity contribution is 0.0252. The fourth-order valence-electron chi connectivity index (χ4n) is 15.9. The van der Waals surface area contributed by atoms with E-state index in [4.69, 9.17) is 33.2 Å². The number of nitriles is 3. The number of piperazine rings is 2. The number of benzene rings is 8. The van der Waals surface area contributed by atoms with Crippen LogP contribution in [0.1, 0.15) is 85.0 Å². The van der Waals surface area contributed by atoms with E-state index in [1.807, 2.05) is 48.7 Å². The second-order valence-corrected chi connectivity index (χ2v) is 29.4. The van der Waals surface area contributed by atoms with Gasteiger partial charge in [0.05, 0.1) is 75.2 Å². The summed E-state index contributed by atoms with van der Waals surface area (Å²) in [5.41, 5.74) is 23.3. The smallest absolute Gasteiger partial charge is 0.137 e. The SMILES string of the molecule is C.CN1CCN(c2ccc(-c3cc4c(-c5ccc(OC6CCOCC6)c(C#N)c5)cccc4[nH]3)cc2)CC1.N#Cc1cc(-c2cccc3[nH]c(-c4ccc(N5CCNCC5)cc4)cc23)ccc1OC1CCOCC1.N#Cc1cc(-c2ccnc3c2C=C(c2ccc(CN4CCOCC4)cc2)C3)ccc1OC1CCOCC1. The van der Waals surface area contributed by atoms with Crippen molar-refractivity contribution in [2.45, 2.75) is 77.2 Å². The summed E-state index contributed by atoms with van der Waals surface area (Å²) >= 11 is 0. The lowest BCUT2D eigenvalue weighted by Crippen LogP contribution is -2.44. The van der Waals surface area contributed by atoms with Gasteiger partial charge in [-0.25, -0.2) is 0 Å². The van der Waals surface area contributed by atoms with E-state index in [9.17, 15) is 15.8 Å². The van der Waals surface area contributed by atoms with Crippen molar-refractivity contribution < 1.29 is 33.2 Å². The summed E-state index contributed by atoms with van der Waals surface area (Å²) in [6.07, 6.45) is 10.4. The van der Waals surface area contributed by atoms with Crippen LogP contribution in [-0.2, 0) is 31.9 Å². The van der Waals surface area contributed by atoms with Crippen LogP contribution in [0.25, 0.3) is 89.4 Å². The van der Waals surface area contributed by atoms with E-state index in [-0.39, 0.29) is 25.7 Å². The van der Waals surface area contributed by atoms with Crippen molar-refractivity contribution in [1.29, 1.82) is 15.8 Å². The van der Waals surface area contributed by atoms with Crippen LogP contribution in [0.3, 0.4) is 0 Å². The highest BCUT2D eigenvalue weighted by atomic mass is 16.5. The predicted molar refractivity (Wildman–Crippen MR) is 441 cm³/mol. The van der Waals surface area contributed by atoms with Gasteiger partial charge in [-0.2, -0.15) is 15.8 Å². The molecule has 11 aromatic rings. The summed E-state index contributed by atoms with van der Waals surface area (Å²) in [7, 11) is 2.18. The molecule has 3 aromatic heterocycles. The number of hydrogen-bond acceptors (Lipinski definition) is 16. The second kappa shape index (κ2) is 35.7. The van der Waals surface area contributed by atoms with E-state index in [2.05, 4.69) is 211 Å². The molecule has 0 atom stereocenters. The summed E-state index contributed by atoms with van der Waals surface area (Å²) in [6, 6.07) is 70.4. The highest BCUT2D eigenvalue weighted by molar-refractivity contribution is 6.00. The van der Waals surface area contributed by atoms with E-state index >= 15 is 0 Å². The first-order valence-electron chi connectivity index (χ1n) is 39.0. The maximum atomic E-state index is 9.85. The van der Waals surface area contributed by atoms with Gasteiger partial charge in [-0.3, -0.25) is 9.88 Å². The molecule has 0 bridgehead atoms. The van der Waals surface area contributed by atoms with Gasteiger partial charge in [0.15, 0.2) is 0 Å². The third kappa shape index (κ3) is 17.9. The second-order valence-electron chi connectivity index (χ2n) is 29.4. The van der Waals surface area contributed by atoms with Gasteiger partial charge < -0.3 is 63.1 Å². The molecule has 18 nitrogen and oxygen atoms in total. The molecule has 0 spiro atoms. The zero-order chi connectivity index (χ0) is 74.5. The van der Waals surface area contributed by atoms with E-state index < -0.39 is 0 Å². The van der Waals surface area contributed by atoms with Crippen LogP contribution in [0.5, 0.6) is 17.2 Å². The number of rotatable bonds is 16. The molecule has 6 saturated heterocycles. The predicted octanol–water partition coefficient (Wildman–Crippen LogP) is 16.8. The fraction of sp³-hybridized carbons (Fsp3) is 0.333. The van der Waals surface area contributed by atoms with Crippen molar-refractivity contribution in [3.63, 3.8) is 0 Å². The number of H-pyrrole nitrogens is 2. The van der Waals surface area contributed by atoms with Crippen molar-refractivity contribution in [3.8, 4) is 91.4 Å². The quantitative estimate of drug-likeness (QED) is 0.0823. The topological polar surface area (TPSA) is 205 Å². The van der Waals surface area contributed by atoms with Gasteiger partial charge >= 0.3 is 0 Å². The van der Waals surface area contributed by atoms with E-state index in [1.165, 1.54) is 28.1 Å². The standard InChI is InChI=1S/C31H32N4O2.C31H31N3O3.C30H30N4O2.CH4/c1-34-13-15-35(16-14-34)25-8-5-22(6-9-25)30-20-28-27(3-2-4-29(28)33-30)23-7-10-31(24(19-23)21-32)37-26-11-17-36-18-12-26;32-20-26-17-24(5-6-31(26)37-27-8-13-35-14-9-27)28-7-10-33-30-19-25(18-29(28)30)23-3-1-22(2-4-23)21-34-11-15-36-16-12-34;31-20-23-18-22(6-9-30(23)36-25-10-16-35-17-11-25)26-2-1-3-28-27(26)19-29(33-28)21-4-7-24(8-5-21)34-14-12-32-13-15-34;/h2-10,19-20,26,33H,11-18H2,1H3;1-7,10,17-18,27H,8-9,11-16,19,21H2;1-9,18-19,25,32-33H,10-17H2;1H4. The number of ether oxygens (including phenoxy) is 7. The van der Waals surface area contributed by atoms with Gasteiger partial charge in [0.25, 0.3) is 0 Å².